The molecule has 0 spiro atoms. The molecule has 0 saturated heterocycles. The van der Waals surface area contributed by atoms with Crippen molar-refractivity contribution in [2.24, 2.45) is 5.11 Å². The van der Waals surface area contributed by atoms with Gasteiger partial charge < -0.3 is 14.4 Å². The highest BCUT2D eigenvalue weighted by Gasteiger charge is 2.06. The molecular formula is C12H13N5O2. The summed E-state index contributed by atoms with van der Waals surface area (Å²) in [5, 5.41) is 13.2. The van der Waals surface area contributed by atoms with Gasteiger partial charge in [-0.2, -0.15) is 0 Å². The lowest BCUT2D eigenvalue weighted by atomic mass is 10.3. The maximum Gasteiger partial charge on any atom is 0.119 e. The minimum atomic E-state index is -0.619. The van der Waals surface area contributed by atoms with E-state index in [2.05, 4.69) is 15.0 Å². The van der Waals surface area contributed by atoms with Gasteiger partial charge in [0.25, 0.3) is 0 Å². The lowest BCUT2D eigenvalue weighted by Crippen LogP contribution is -2.22. The molecule has 0 fully saturated rings. The standard InChI is InChI=1S/C12H13N5O2/c13-16-15-10-1-3-12(4-2-10)19-8-11(18)7-17-6-5-14-9-17/h1-6,9,11,18H,7-8H2. The van der Waals surface area contributed by atoms with E-state index in [4.69, 9.17) is 10.3 Å². The molecule has 1 unspecified atom stereocenters. The first-order chi connectivity index (χ1) is 9.28. The van der Waals surface area contributed by atoms with E-state index >= 15 is 0 Å². The van der Waals surface area contributed by atoms with Gasteiger partial charge >= 0.3 is 0 Å². The van der Waals surface area contributed by atoms with Crippen LogP contribution in [0, 0.1) is 0 Å². The summed E-state index contributed by atoms with van der Waals surface area (Å²) in [5.41, 5.74) is 8.80. The normalized spacial score (nSPS) is 11.6. The van der Waals surface area contributed by atoms with Crippen LogP contribution in [-0.2, 0) is 6.54 Å². The summed E-state index contributed by atoms with van der Waals surface area (Å²) in [4.78, 5) is 6.58. The zero-order valence-corrected chi connectivity index (χ0v) is 10.1. The van der Waals surface area contributed by atoms with Crippen molar-refractivity contribution in [1.82, 2.24) is 9.55 Å². The van der Waals surface area contributed by atoms with Crippen molar-refractivity contribution in [2.45, 2.75) is 12.6 Å². The van der Waals surface area contributed by atoms with Crippen molar-refractivity contribution in [3.05, 3.63) is 53.4 Å². The highest BCUT2D eigenvalue weighted by Crippen LogP contribution is 2.18. The molecule has 0 saturated carbocycles. The number of aromatic nitrogens is 2. The Balaban J connectivity index is 1.82. The molecule has 1 aromatic heterocycles. The van der Waals surface area contributed by atoms with Crippen LogP contribution < -0.4 is 4.74 Å². The predicted molar refractivity (Wildman–Crippen MR) is 69.0 cm³/mol. The molecule has 0 bridgehead atoms. The van der Waals surface area contributed by atoms with Gasteiger partial charge in [0.1, 0.15) is 18.5 Å². The summed E-state index contributed by atoms with van der Waals surface area (Å²) < 4.78 is 7.21. The van der Waals surface area contributed by atoms with Crippen molar-refractivity contribution in [2.75, 3.05) is 6.61 Å². The number of hydrogen-bond donors (Lipinski definition) is 1. The van der Waals surface area contributed by atoms with Gasteiger partial charge in [-0.05, 0) is 29.8 Å². The first-order valence-corrected chi connectivity index (χ1v) is 5.69. The number of azide groups is 1. The van der Waals surface area contributed by atoms with E-state index in [-0.39, 0.29) is 6.61 Å². The molecular weight excluding hydrogens is 246 g/mol. The number of ether oxygens (including phenoxy) is 1. The molecule has 7 nitrogen and oxygen atoms in total. The van der Waals surface area contributed by atoms with Gasteiger partial charge in [0.15, 0.2) is 0 Å². The molecule has 0 aliphatic heterocycles. The van der Waals surface area contributed by atoms with Crippen LogP contribution >= 0.6 is 0 Å². The zero-order chi connectivity index (χ0) is 13.5. The van der Waals surface area contributed by atoms with E-state index in [0.717, 1.165) is 0 Å². The van der Waals surface area contributed by atoms with Gasteiger partial charge in [0.05, 0.1) is 12.9 Å². The number of hydrogen-bond acceptors (Lipinski definition) is 4. The first-order valence-electron chi connectivity index (χ1n) is 5.69. The highest BCUT2D eigenvalue weighted by atomic mass is 16.5. The minimum absolute atomic E-state index is 0.180. The van der Waals surface area contributed by atoms with E-state index in [1.807, 2.05) is 0 Å². The Morgan fingerprint density at radius 3 is 2.84 bits per heavy atom. The van der Waals surface area contributed by atoms with Crippen molar-refractivity contribution in [3.8, 4) is 5.75 Å². The number of aliphatic hydroxyl groups is 1. The third-order valence-corrected chi connectivity index (χ3v) is 2.42. The van der Waals surface area contributed by atoms with Crippen molar-refractivity contribution in [3.63, 3.8) is 0 Å². The van der Waals surface area contributed by atoms with Crippen LogP contribution in [0.4, 0.5) is 5.69 Å². The maximum absolute atomic E-state index is 9.78. The monoisotopic (exact) mass is 259 g/mol. The molecule has 98 valence electrons. The molecule has 19 heavy (non-hydrogen) atoms. The zero-order valence-electron chi connectivity index (χ0n) is 10.1. The van der Waals surface area contributed by atoms with E-state index in [0.29, 0.717) is 18.0 Å². The fourth-order valence-corrected chi connectivity index (χ4v) is 1.54. The van der Waals surface area contributed by atoms with Gasteiger partial charge in [-0.3, -0.25) is 0 Å². The molecule has 2 aromatic rings. The Morgan fingerprint density at radius 2 is 2.21 bits per heavy atom. The largest absolute Gasteiger partial charge is 0.491 e. The predicted octanol–water partition coefficient (Wildman–Crippen LogP) is 2.26. The molecule has 0 radical (unpaired) electrons. The van der Waals surface area contributed by atoms with Crippen LogP contribution in [-0.4, -0.2) is 27.4 Å². The summed E-state index contributed by atoms with van der Waals surface area (Å²) in [5.74, 6) is 0.613. The fraction of sp³-hybridized carbons (Fsp3) is 0.250. The molecule has 1 aromatic carbocycles. The second-order valence-corrected chi connectivity index (χ2v) is 3.91. The summed E-state index contributed by atoms with van der Waals surface area (Å²) in [7, 11) is 0. The molecule has 1 atom stereocenters. The van der Waals surface area contributed by atoms with Crippen molar-refractivity contribution < 1.29 is 9.84 Å². The van der Waals surface area contributed by atoms with Gasteiger partial charge in [0.2, 0.25) is 0 Å². The Kier molecular flexibility index (Phi) is 4.39. The second kappa shape index (κ2) is 6.44. The number of imidazole rings is 1. The third-order valence-electron chi connectivity index (χ3n) is 2.42. The van der Waals surface area contributed by atoms with Gasteiger partial charge in [0, 0.05) is 23.0 Å². The SMILES string of the molecule is [N-]=[N+]=Nc1ccc(OCC(O)Cn2ccnc2)cc1. The van der Waals surface area contributed by atoms with Gasteiger partial charge in [-0.25, -0.2) is 4.98 Å². The molecule has 0 aliphatic rings. The molecule has 0 amide bonds. The average Bonchev–Trinajstić information content (AvgIpc) is 2.91. The van der Waals surface area contributed by atoms with E-state index in [1.165, 1.54) is 0 Å². The minimum Gasteiger partial charge on any atom is -0.491 e. The summed E-state index contributed by atoms with van der Waals surface area (Å²) >= 11 is 0. The second-order valence-electron chi connectivity index (χ2n) is 3.91. The van der Waals surface area contributed by atoms with Gasteiger partial charge in [-0.15, -0.1) is 0 Å². The number of nitrogens with zero attached hydrogens (tertiary/aromatic N) is 5. The number of benzene rings is 1. The summed E-state index contributed by atoms with van der Waals surface area (Å²) in [6.45, 7) is 0.607. The highest BCUT2D eigenvalue weighted by molar-refractivity contribution is 5.40. The summed E-state index contributed by atoms with van der Waals surface area (Å²) in [6, 6.07) is 6.68. The third kappa shape index (κ3) is 4.02. The van der Waals surface area contributed by atoms with E-state index in [9.17, 15) is 5.11 Å². The Morgan fingerprint density at radius 1 is 1.42 bits per heavy atom. The molecule has 1 heterocycles. The number of aliphatic hydroxyl groups excluding tert-OH is 1. The van der Waals surface area contributed by atoms with E-state index in [1.54, 1.807) is 47.6 Å². The number of rotatable bonds is 6. The Bertz CT molecular complexity index is 546. The quantitative estimate of drug-likeness (QED) is 0.489. The smallest absolute Gasteiger partial charge is 0.119 e. The Labute approximate surface area is 109 Å². The Hall–Kier alpha value is -2.50. The fourth-order valence-electron chi connectivity index (χ4n) is 1.54. The first kappa shape index (κ1) is 12.9. The maximum atomic E-state index is 9.78. The van der Waals surface area contributed by atoms with Crippen LogP contribution in [0.15, 0.2) is 48.1 Å². The van der Waals surface area contributed by atoms with Crippen LogP contribution in [0.5, 0.6) is 5.75 Å². The lowest BCUT2D eigenvalue weighted by Gasteiger charge is -2.12. The van der Waals surface area contributed by atoms with Crippen molar-refractivity contribution >= 4 is 5.69 Å². The van der Waals surface area contributed by atoms with Crippen LogP contribution in [0.1, 0.15) is 0 Å². The summed E-state index contributed by atoms with van der Waals surface area (Å²) in [6.07, 6.45) is 4.45. The van der Waals surface area contributed by atoms with Crippen LogP contribution in [0.25, 0.3) is 10.4 Å². The molecule has 2 rings (SSSR count). The van der Waals surface area contributed by atoms with E-state index < -0.39 is 6.10 Å². The van der Waals surface area contributed by atoms with Crippen LogP contribution in [0.3, 0.4) is 0 Å². The van der Waals surface area contributed by atoms with Crippen LogP contribution in [0.2, 0.25) is 0 Å². The topological polar surface area (TPSA) is 96.0 Å². The molecule has 7 heteroatoms. The molecule has 0 aliphatic carbocycles. The molecule has 1 N–H and O–H groups in total. The van der Waals surface area contributed by atoms with Crippen molar-refractivity contribution in [1.29, 1.82) is 0 Å². The van der Waals surface area contributed by atoms with Gasteiger partial charge in [-0.1, -0.05) is 5.11 Å². The average molecular weight is 259 g/mol. The lowest BCUT2D eigenvalue weighted by molar-refractivity contribution is 0.0925.